The zero-order valence-corrected chi connectivity index (χ0v) is 11.6. The van der Waals surface area contributed by atoms with Gasteiger partial charge in [-0.15, -0.1) is 0 Å². The largest absolute Gasteiger partial charge is 0.386 e. The molecule has 0 heterocycles. The van der Waals surface area contributed by atoms with Gasteiger partial charge in [0.15, 0.2) is 0 Å². The van der Waals surface area contributed by atoms with Crippen LogP contribution in [0.15, 0.2) is 24.3 Å². The molecule has 0 aromatic heterocycles. The third-order valence-electron chi connectivity index (χ3n) is 3.10. The number of benzene rings is 1. The predicted octanol–water partition coefficient (Wildman–Crippen LogP) is 1.79. The number of nitrogens with one attached hydrogen (secondary N) is 1. The predicted molar refractivity (Wildman–Crippen MR) is 70.1 cm³/mol. The van der Waals surface area contributed by atoms with E-state index in [-0.39, 0.29) is 11.7 Å². The molecule has 0 aliphatic heterocycles. The second-order valence-electron chi connectivity index (χ2n) is 4.97. The number of amides is 1. The van der Waals surface area contributed by atoms with Crippen molar-refractivity contribution in [2.24, 2.45) is 0 Å². The molecule has 0 spiro atoms. The summed E-state index contributed by atoms with van der Waals surface area (Å²) in [6.45, 7) is 4.95. The minimum Gasteiger partial charge on any atom is -0.386 e. The highest BCUT2D eigenvalue weighted by atomic mass is 19.1. The molecule has 0 bridgehead atoms. The van der Waals surface area contributed by atoms with E-state index in [4.69, 9.17) is 4.74 Å². The van der Waals surface area contributed by atoms with Crippen molar-refractivity contribution in [3.8, 4) is 0 Å². The van der Waals surface area contributed by atoms with Gasteiger partial charge in [-0.3, -0.25) is 4.79 Å². The average Bonchev–Trinajstić information content (AvgIpc) is 2.38. The molecule has 0 aliphatic rings. The molecule has 2 atom stereocenters. The van der Waals surface area contributed by atoms with Crippen LogP contribution in [-0.4, -0.2) is 29.8 Å². The lowest BCUT2D eigenvalue weighted by Crippen LogP contribution is -2.48. The van der Waals surface area contributed by atoms with E-state index in [2.05, 4.69) is 5.32 Å². The molecule has 2 N–H and O–H groups in total. The summed E-state index contributed by atoms with van der Waals surface area (Å²) < 4.78 is 17.9. The number of carbonyl (C=O) groups excluding carboxylic acids is 1. The van der Waals surface area contributed by atoms with Crippen LogP contribution in [0.25, 0.3) is 0 Å². The molecule has 1 amide bonds. The zero-order valence-electron chi connectivity index (χ0n) is 11.6. The molecule has 0 radical (unpaired) electrons. The fourth-order valence-corrected chi connectivity index (χ4v) is 1.50. The van der Waals surface area contributed by atoms with Crippen molar-refractivity contribution in [1.82, 2.24) is 5.32 Å². The molecule has 0 aliphatic carbocycles. The first-order chi connectivity index (χ1) is 8.77. The van der Waals surface area contributed by atoms with Gasteiger partial charge in [-0.05, 0) is 38.5 Å². The maximum absolute atomic E-state index is 12.8. The van der Waals surface area contributed by atoms with Gasteiger partial charge in [-0.2, -0.15) is 0 Å². The number of halogens is 1. The fraction of sp³-hybridized carbons (Fsp3) is 0.500. The van der Waals surface area contributed by atoms with Crippen LogP contribution in [0.1, 0.15) is 32.4 Å². The van der Waals surface area contributed by atoms with Crippen LogP contribution in [-0.2, 0) is 9.53 Å². The quantitative estimate of drug-likeness (QED) is 0.856. The monoisotopic (exact) mass is 269 g/mol. The standard InChI is InChI=1S/C14H20FNO3/c1-9(16-13(18)14(2,3)19-4)12(17)10-5-7-11(15)8-6-10/h5-9,12,17H,1-4H3,(H,16,18). The number of aliphatic hydroxyl groups excluding tert-OH is 1. The number of rotatable bonds is 5. The Morgan fingerprint density at radius 2 is 1.89 bits per heavy atom. The molecular weight excluding hydrogens is 249 g/mol. The van der Waals surface area contributed by atoms with E-state index in [9.17, 15) is 14.3 Å². The van der Waals surface area contributed by atoms with Crippen LogP contribution in [0.4, 0.5) is 4.39 Å². The Hall–Kier alpha value is -1.46. The molecule has 0 saturated carbocycles. The minimum atomic E-state index is -0.962. The third kappa shape index (κ3) is 4.01. The number of methoxy groups -OCH3 is 1. The van der Waals surface area contributed by atoms with E-state index in [1.807, 2.05) is 0 Å². The summed E-state index contributed by atoms with van der Waals surface area (Å²) >= 11 is 0. The van der Waals surface area contributed by atoms with E-state index in [0.29, 0.717) is 5.56 Å². The van der Waals surface area contributed by atoms with E-state index in [1.54, 1.807) is 20.8 Å². The van der Waals surface area contributed by atoms with Gasteiger partial charge in [0.1, 0.15) is 11.4 Å². The Kier molecular flexibility index (Phi) is 5.03. The number of carbonyl (C=O) groups is 1. The van der Waals surface area contributed by atoms with Gasteiger partial charge < -0.3 is 15.2 Å². The molecular formula is C14H20FNO3. The molecule has 1 aromatic rings. The molecule has 2 unspecified atom stereocenters. The highest BCUT2D eigenvalue weighted by Crippen LogP contribution is 2.18. The Balaban J connectivity index is 2.70. The SMILES string of the molecule is COC(C)(C)C(=O)NC(C)C(O)c1ccc(F)cc1. The second-order valence-corrected chi connectivity index (χ2v) is 4.97. The van der Waals surface area contributed by atoms with Crippen molar-refractivity contribution in [3.63, 3.8) is 0 Å². The Morgan fingerprint density at radius 1 is 1.37 bits per heavy atom. The highest BCUT2D eigenvalue weighted by molar-refractivity contribution is 5.84. The molecule has 106 valence electrons. The maximum atomic E-state index is 12.8. The fourth-order valence-electron chi connectivity index (χ4n) is 1.50. The van der Waals surface area contributed by atoms with Crippen LogP contribution < -0.4 is 5.32 Å². The molecule has 19 heavy (non-hydrogen) atoms. The third-order valence-corrected chi connectivity index (χ3v) is 3.10. The summed E-state index contributed by atoms with van der Waals surface area (Å²) in [6, 6.07) is 5.01. The van der Waals surface area contributed by atoms with Crippen LogP contribution >= 0.6 is 0 Å². The number of hydrogen-bond donors (Lipinski definition) is 2. The molecule has 0 saturated heterocycles. The molecule has 1 rings (SSSR count). The van der Waals surface area contributed by atoms with E-state index < -0.39 is 17.7 Å². The normalized spacial score (nSPS) is 14.8. The summed E-state index contributed by atoms with van der Waals surface area (Å²) in [5.41, 5.74) is -0.416. The first kappa shape index (κ1) is 15.6. The maximum Gasteiger partial charge on any atom is 0.251 e. The summed E-state index contributed by atoms with van der Waals surface area (Å²) in [6.07, 6.45) is -0.905. The van der Waals surface area contributed by atoms with Gasteiger partial charge in [0, 0.05) is 7.11 Å². The van der Waals surface area contributed by atoms with Gasteiger partial charge >= 0.3 is 0 Å². The topological polar surface area (TPSA) is 58.6 Å². The van der Waals surface area contributed by atoms with Crippen LogP contribution in [0.2, 0.25) is 0 Å². The van der Waals surface area contributed by atoms with E-state index in [1.165, 1.54) is 31.4 Å². The smallest absolute Gasteiger partial charge is 0.251 e. The van der Waals surface area contributed by atoms with Crippen molar-refractivity contribution < 1.29 is 19.0 Å². The minimum absolute atomic E-state index is 0.316. The van der Waals surface area contributed by atoms with Crippen LogP contribution in [0.5, 0.6) is 0 Å². The van der Waals surface area contributed by atoms with Crippen LogP contribution in [0, 0.1) is 5.82 Å². The van der Waals surface area contributed by atoms with E-state index >= 15 is 0 Å². The Morgan fingerprint density at radius 3 is 2.37 bits per heavy atom. The van der Waals surface area contributed by atoms with Gasteiger partial charge in [0.25, 0.3) is 5.91 Å². The van der Waals surface area contributed by atoms with Crippen molar-refractivity contribution in [3.05, 3.63) is 35.6 Å². The van der Waals surface area contributed by atoms with Crippen molar-refractivity contribution in [2.75, 3.05) is 7.11 Å². The summed E-state index contributed by atoms with van der Waals surface area (Å²) in [5.74, 6) is -0.684. The molecule has 4 nitrogen and oxygen atoms in total. The van der Waals surface area contributed by atoms with E-state index in [0.717, 1.165) is 0 Å². The summed E-state index contributed by atoms with van der Waals surface area (Å²) in [7, 11) is 1.45. The first-order valence-corrected chi connectivity index (χ1v) is 6.07. The van der Waals surface area contributed by atoms with Gasteiger partial charge in [-0.1, -0.05) is 12.1 Å². The van der Waals surface area contributed by atoms with Gasteiger partial charge in [0.2, 0.25) is 0 Å². The summed E-state index contributed by atoms with van der Waals surface area (Å²) in [5, 5.41) is 12.8. The van der Waals surface area contributed by atoms with Gasteiger partial charge in [-0.25, -0.2) is 4.39 Å². The van der Waals surface area contributed by atoms with Crippen molar-refractivity contribution in [2.45, 2.75) is 38.5 Å². The number of ether oxygens (including phenoxy) is 1. The summed E-state index contributed by atoms with van der Waals surface area (Å²) in [4.78, 5) is 11.9. The molecule has 0 fully saturated rings. The highest BCUT2D eigenvalue weighted by Gasteiger charge is 2.29. The Bertz CT molecular complexity index is 431. The zero-order chi connectivity index (χ0) is 14.6. The second kappa shape index (κ2) is 6.12. The van der Waals surface area contributed by atoms with Gasteiger partial charge in [0.05, 0.1) is 12.1 Å². The van der Waals surface area contributed by atoms with Crippen molar-refractivity contribution >= 4 is 5.91 Å². The Labute approximate surface area is 112 Å². The lowest BCUT2D eigenvalue weighted by atomic mass is 10.0. The first-order valence-electron chi connectivity index (χ1n) is 6.07. The lowest BCUT2D eigenvalue weighted by Gasteiger charge is -2.27. The molecule has 1 aromatic carbocycles. The van der Waals surface area contributed by atoms with Crippen molar-refractivity contribution in [1.29, 1.82) is 0 Å². The van der Waals surface area contributed by atoms with Crippen LogP contribution in [0.3, 0.4) is 0 Å². The average molecular weight is 269 g/mol. The molecule has 5 heteroatoms. The number of hydrogen-bond acceptors (Lipinski definition) is 3. The lowest BCUT2D eigenvalue weighted by molar-refractivity contribution is -0.141. The number of aliphatic hydroxyl groups is 1.